The Hall–Kier alpha value is -0.670. The first-order valence-corrected chi connectivity index (χ1v) is 8.95. The van der Waals surface area contributed by atoms with Crippen molar-refractivity contribution >= 4 is 5.78 Å². The summed E-state index contributed by atoms with van der Waals surface area (Å²) in [5.74, 6) is 1.36. The van der Waals surface area contributed by atoms with E-state index in [0.717, 1.165) is 44.9 Å². The van der Waals surface area contributed by atoms with Crippen molar-refractivity contribution in [1.82, 2.24) is 0 Å². The molecule has 3 fully saturated rings. The van der Waals surface area contributed by atoms with Crippen LogP contribution in [0.2, 0.25) is 0 Å². The third-order valence-corrected chi connectivity index (χ3v) is 8.10. The molecular formula is C19H28O3. The molecule has 3 saturated carbocycles. The molecule has 122 valence electrons. The summed E-state index contributed by atoms with van der Waals surface area (Å²) in [6.45, 7) is 4.34. The number of hydrogen-bond donors (Lipinski definition) is 2. The van der Waals surface area contributed by atoms with Gasteiger partial charge in [0.05, 0.1) is 17.1 Å². The van der Waals surface area contributed by atoms with Crippen LogP contribution in [0.1, 0.15) is 58.8 Å². The molecule has 0 saturated heterocycles. The fourth-order valence-corrected chi connectivity index (χ4v) is 6.50. The van der Waals surface area contributed by atoms with E-state index in [-0.39, 0.29) is 23.2 Å². The number of carbonyl (C=O) groups excluding carboxylic acids is 1. The molecule has 4 aliphatic rings. The Labute approximate surface area is 132 Å². The number of ketones is 1. The Balaban J connectivity index is 1.71. The first kappa shape index (κ1) is 14.9. The molecule has 0 amide bonds. The second-order valence-corrected chi connectivity index (χ2v) is 8.81. The average molecular weight is 304 g/mol. The first-order chi connectivity index (χ1) is 10.3. The molecule has 2 N–H and O–H groups in total. The van der Waals surface area contributed by atoms with Gasteiger partial charge >= 0.3 is 0 Å². The lowest BCUT2D eigenvalue weighted by Gasteiger charge is -2.62. The summed E-state index contributed by atoms with van der Waals surface area (Å²) in [6, 6.07) is 0. The van der Waals surface area contributed by atoms with Gasteiger partial charge in [0, 0.05) is 0 Å². The SMILES string of the molecule is C[C@]12CC[C@H](O)C[C@H]1CC[C@@H]1[C@@H]2CC[C@]2(C)C(=O)C=C[C@]12O. The number of rotatable bonds is 0. The normalized spacial score (nSPS) is 57.2. The van der Waals surface area contributed by atoms with E-state index in [1.165, 1.54) is 0 Å². The molecular weight excluding hydrogens is 276 g/mol. The highest BCUT2D eigenvalue weighted by atomic mass is 16.3. The molecule has 3 heteroatoms. The molecule has 0 bridgehead atoms. The molecule has 22 heavy (non-hydrogen) atoms. The van der Waals surface area contributed by atoms with E-state index in [9.17, 15) is 15.0 Å². The van der Waals surface area contributed by atoms with Gasteiger partial charge in [-0.25, -0.2) is 0 Å². The number of hydrogen-bond acceptors (Lipinski definition) is 3. The molecule has 0 aromatic rings. The van der Waals surface area contributed by atoms with Crippen LogP contribution in [-0.4, -0.2) is 27.7 Å². The lowest BCUT2D eigenvalue weighted by Crippen LogP contribution is -2.62. The van der Waals surface area contributed by atoms with Crippen molar-refractivity contribution in [2.24, 2.45) is 28.6 Å². The molecule has 0 radical (unpaired) electrons. The van der Waals surface area contributed by atoms with Crippen LogP contribution < -0.4 is 0 Å². The molecule has 0 aliphatic heterocycles. The van der Waals surface area contributed by atoms with E-state index in [4.69, 9.17) is 0 Å². The molecule has 3 nitrogen and oxygen atoms in total. The van der Waals surface area contributed by atoms with Gasteiger partial charge in [0.15, 0.2) is 5.78 Å². The molecule has 4 rings (SSSR count). The quantitative estimate of drug-likeness (QED) is 0.723. The van der Waals surface area contributed by atoms with Crippen molar-refractivity contribution in [3.63, 3.8) is 0 Å². The Morgan fingerprint density at radius 2 is 1.86 bits per heavy atom. The molecule has 7 atom stereocenters. The van der Waals surface area contributed by atoms with Crippen LogP contribution >= 0.6 is 0 Å². The zero-order chi connectivity index (χ0) is 15.8. The van der Waals surface area contributed by atoms with Gasteiger partial charge in [0.2, 0.25) is 0 Å². The number of aliphatic hydroxyl groups is 2. The summed E-state index contributed by atoms with van der Waals surface area (Å²) < 4.78 is 0. The summed E-state index contributed by atoms with van der Waals surface area (Å²) in [6.07, 6.45) is 10.1. The smallest absolute Gasteiger partial charge is 0.164 e. The Morgan fingerprint density at radius 1 is 1.09 bits per heavy atom. The fourth-order valence-electron chi connectivity index (χ4n) is 6.50. The topological polar surface area (TPSA) is 57.5 Å². The summed E-state index contributed by atoms with van der Waals surface area (Å²) in [5, 5.41) is 21.5. The summed E-state index contributed by atoms with van der Waals surface area (Å²) in [5.41, 5.74) is -1.33. The summed E-state index contributed by atoms with van der Waals surface area (Å²) in [4.78, 5) is 12.3. The van der Waals surface area contributed by atoms with Gasteiger partial charge in [0.25, 0.3) is 0 Å². The van der Waals surface area contributed by atoms with Gasteiger partial charge < -0.3 is 10.2 Å². The van der Waals surface area contributed by atoms with E-state index >= 15 is 0 Å². The molecule has 0 unspecified atom stereocenters. The molecule has 0 heterocycles. The Bertz CT molecular complexity index is 541. The number of aliphatic hydroxyl groups excluding tert-OH is 1. The minimum Gasteiger partial charge on any atom is -0.393 e. The second kappa shape index (κ2) is 4.45. The fraction of sp³-hybridized carbons (Fsp3) is 0.842. The minimum absolute atomic E-state index is 0.111. The van der Waals surface area contributed by atoms with Gasteiger partial charge in [-0.05, 0) is 87.2 Å². The second-order valence-electron chi connectivity index (χ2n) is 8.81. The van der Waals surface area contributed by atoms with Crippen molar-refractivity contribution in [2.45, 2.75) is 70.5 Å². The van der Waals surface area contributed by atoms with Crippen molar-refractivity contribution in [2.75, 3.05) is 0 Å². The summed E-state index contributed by atoms with van der Waals surface area (Å²) in [7, 11) is 0. The standard InChI is InChI=1S/C19H28O3/c1-17-8-5-13(20)11-12(17)3-4-15-14(17)6-9-18(2)16(21)7-10-19(15,18)22/h7,10,12-15,20,22H,3-6,8-9,11H2,1-2H3/t12-,13+,14+,15-,17+,18-,19+/m1/s1. The predicted octanol–water partition coefficient (Wildman–Crippen LogP) is 2.85. The zero-order valence-corrected chi connectivity index (χ0v) is 13.7. The number of carbonyl (C=O) groups is 1. The van der Waals surface area contributed by atoms with Gasteiger partial charge in [-0.1, -0.05) is 6.92 Å². The van der Waals surface area contributed by atoms with E-state index < -0.39 is 11.0 Å². The van der Waals surface area contributed by atoms with Crippen LogP contribution in [0.15, 0.2) is 12.2 Å². The van der Waals surface area contributed by atoms with Crippen LogP contribution in [0.4, 0.5) is 0 Å². The van der Waals surface area contributed by atoms with E-state index in [2.05, 4.69) is 6.92 Å². The van der Waals surface area contributed by atoms with Gasteiger partial charge in [-0.2, -0.15) is 0 Å². The van der Waals surface area contributed by atoms with Crippen LogP contribution in [0, 0.1) is 28.6 Å². The van der Waals surface area contributed by atoms with Crippen LogP contribution in [0.3, 0.4) is 0 Å². The van der Waals surface area contributed by atoms with Crippen LogP contribution in [0.5, 0.6) is 0 Å². The molecule has 4 aliphatic carbocycles. The van der Waals surface area contributed by atoms with Crippen LogP contribution in [-0.2, 0) is 4.79 Å². The predicted molar refractivity (Wildman–Crippen MR) is 84.1 cm³/mol. The lowest BCUT2D eigenvalue weighted by atomic mass is 9.44. The third kappa shape index (κ3) is 1.62. The molecule has 0 aromatic carbocycles. The minimum atomic E-state index is -0.947. The van der Waals surface area contributed by atoms with Gasteiger partial charge in [0.1, 0.15) is 0 Å². The van der Waals surface area contributed by atoms with Crippen molar-refractivity contribution < 1.29 is 15.0 Å². The van der Waals surface area contributed by atoms with Gasteiger partial charge in [-0.3, -0.25) is 4.79 Å². The lowest BCUT2D eigenvalue weighted by molar-refractivity contribution is -0.188. The number of allylic oxidation sites excluding steroid dienone is 1. The maximum absolute atomic E-state index is 12.3. The molecule has 0 aromatic heterocycles. The van der Waals surface area contributed by atoms with Crippen molar-refractivity contribution in [3.8, 4) is 0 Å². The highest BCUT2D eigenvalue weighted by Gasteiger charge is 2.65. The van der Waals surface area contributed by atoms with Gasteiger partial charge in [-0.15, -0.1) is 0 Å². The number of fused-ring (bicyclic) bond motifs is 5. The highest BCUT2D eigenvalue weighted by molar-refractivity contribution is 5.99. The third-order valence-electron chi connectivity index (χ3n) is 8.10. The van der Waals surface area contributed by atoms with E-state index in [1.54, 1.807) is 6.08 Å². The van der Waals surface area contributed by atoms with E-state index in [0.29, 0.717) is 11.8 Å². The summed E-state index contributed by atoms with van der Waals surface area (Å²) >= 11 is 0. The van der Waals surface area contributed by atoms with Crippen LogP contribution in [0.25, 0.3) is 0 Å². The van der Waals surface area contributed by atoms with E-state index in [1.807, 2.05) is 13.0 Å². The van der Waals surface area contributed by atoms with Crippen molar-refractivity contribution in [1.29, 1.82) is 0 Å². The molecule has 0 spiro atoms. The monoisotopic (exact) mass is 304 g/mol. The maximum atomic E-state index is 12.3. The Morgan fingerprint density at radius 3 is 2.64 bits per heavy atom. The zero-order valence-electron chi connectivity index (χ0n) is 13.7. The van der Waals surface area contributed by atoms with Crippen molar-refractivity contribution in [3.05, 3.63) is 12.2 Å². The maximum Gasteiger partial charge on any atom is 0.164 e. The largest absolute Gasteiger partial charge is 0.393 e. The Kier molecular flexibility index (Phi) is 3.01. The highest BCUT2D eigenvalue weighted by Crippen LogP contribution is 2.65. The first-order valence-electron chi connectivity index (χ1n) is 8.95. The average Bonchev–Trinajstić information content (AvgIpc) is 2.72.